The average Bonchev–Trinajstić information content (AvgIpc) is 3.49. The smallest absolute Gasteiger partial charge is 0.293 e. The number of hydrogen-bond donors (Lipinski definition) is 1. The van der Waals surface area contributed by atoms with Crippen LogP contribution in [0.5, 0.6) is 0 Å². The lowest BCUT2D eigenvalue weighted by atomic mass is 10.1. The van der Waals surface area contributed by atoms with Crippen LogP contribution in [0, 0.1) is 0 Å². The molecule has 32 heavy (non-hydrogen) atoms. The van der Waals surface area contributed by atoms with Gasteiger partial charge in [0.05, 0.1) is 17.0 Å². The number of thioether (sulfide) groups is 1. The van der Waals surface area contributed by atoms with Crippen molar-refractivity contribution in [1.29, 1.82) is 0 Å². The van der Waals surface area contributed by atoms with Crippen LogP contribution in [0.15, 0.2) is 59.5 Å². The number of fused-ring (bicyclic) bond motifs is 1. The van der Waals surface area contributed by atoms with Gasteiger partial charge in [-0.1, -0.05) is 37.3 Å². The molecule has 0 atom stereocenters. The van der Waals surface area contributed by atoms with Crippen LogP contribution < -0.4 is 5.32 Å². The molecule has 3 amide bonds. The molecule has 6 nitrogen and oxygen atoms in total. The Morgan fingerprint density at radius 3 is 2.78 bits per heavy atom. The Morgan fingerprint density at radius 2 is 2.06 bits per heavy atom. The van der Waals surface area contributed by atoms with Crippen LogP contribution in [-0.4, -0.2) is 33.1 Å². The second-order valence-electron chi connectivity index (χ2n) is 7.32. The fourth-order valence-electron chi connectivity index (χ4n) is 3.73. The van der Waals surface area contributed by atoms with Gasteiger partial charge in [-0.25, -0.2) is 0 Å². The maximum atomic E-state index is 12.7. The summed E-state index contributed by atoms with van der Waals surface area (Å²) in [7, 11) is 0. The second kappa shape index (κ2) is 9.58. The van der Waals surface area contributed by atoms with Gasteiger partial charge in [0.2, 0.25) is 5.91 Å². The molecule has 1 fully saturated rings. The Hall–Kier alpha value is -3.10. The summed E-state index contributed by atoms with van der Waals surface area (Å²) in [5.74, 6) is -0.403. The Kier molecular flexibility index (Phi) is 6.62. The number of nitrogens with one attached hydrogen (secondary N) is 1. The molecule has 1 saturated heterocycles. The molecule has 3 heterocycles. The largest absolute Gasteiger partial charge is 0.350 e. The number of hydrogen-bond acceptors (Lipinski definition) is 5. The SMILES string of the molecule is C=CCN1C(=O)S/C(=C\c2cn(CC(=O)NCc3cccs3)c3c(CC)cccc23)C1=O. The van der Waals surface area contributed by atoms with Gasteiger partial charge < -0.3 is 9.88 Å². The monoisotopic (exact) mass is 465 g/mol. The van der Waals surface area contributed by atoms with Crippen LogP contribution in [0.4, 0.5) is 4.79 Å². The summed E-state index contributed by atoms with van der Waals surface area (Å²) in [6.45, 7) is 6.54. The first-order valence-electron chi connectivity index (χ1n) is 10.3. The number of benzene rings is 1. The molecule has 164 valence electrons. The van der Waals surface area contributed by atoms with E-state index in [1.54, 1.807) is 17.4 Å². The Morgan fingerprint density at radius 1 is 1.22 bits per heavy atom. The molecule has 0 radical (unpaired) electrons. The Bertz CT molecular complexity index is 1220. The van der Waals surface area contributed by atoms with Crippen molar-refractivity contribution >= 4 is 57.1 Å². The first-order valence-corrected chi connectivity index (χ1v) is 12.0. The fourth-order valence-corrected chi connectivity index (χ4v) is 5.21. The molecule has 1 N–H and O–H groups in total. The van der Waals surface area contributed by atoms with Crippen LogP contribution in [0.1, 0.15) is 22.9 Å². The quantitative estimate of drug-likeness (QED) is 0.383. The van der Waals surface area contributed by atoms with E-state index in [1.807, 2.05) is 46.5 Å². The van der Waals surface area contributed by atoms with Crippen molar-refractivity contribution < 1.29 is 14.4 Å². The van der Waals surface area contributed by atoms with Gasteiger partial charge in [-0.05, 0) is 41.3 Å². The van der Waals surface area contributed by atoms with Crippen LogP contribution >= 0.6 is 23.1 Å². The van der Waals surface area contributed by atoms with Crippen molar-refractivity contribution in [3.63, 3.8) is 0 Å². The van der Waals surface area contributed by atoms with Gasteiger partial charge in [0.25, 0.3) is 11.1 Å². The van der Waals surface area contributed by atoms with Gasteiger partial charge in [-0.15, -0.1) is 17.9 Å². The molecular formula is C24H23N3O3S2. The molecule has 0 unspecified atom stereocenters. The number of rotatable bonds is 8. The van der Waals surface area contributed by atoms with E-state index in [9.17, 15) is 14.4 Å². The highest BCUT2D eigenvalue weighted by Crippen LogP contribution is 2.34. The highest BCUT2D eigenvalue weighted by atomic mass is 32.2. The standard InChI is InChI=1S/C24H23N3O3S2/c1-3-10-27-23(29)20(32-24(27)30)12-17-14-26(22-16(4-2)7-5-9-19(17)22)15-21(28)25-13-18-8-6-11-31-18/h3,5-9,11-12,14H,1,4,10,13,15H2,2H3,(H,25,28)/b20-12-. The molecule has 3 aromatic rings. The third-order valence-corrected chi connectivity index (χ3v) is 7.00. The minimum absolute atomic E-state index is 0.0842. The number of aromatic nitrogens is 1. The van der Waals surface area contributed by atoms with Gasteiger partial charge in [-0.3, -0.25) is 19.3 Å². The average molecular weight is 466 g/mol. The van der Waals surface area contributed by atoms with E-state index in [4.69, 9.17) is 0 Å². The maximum Gasteiger partial charge on any atom is 0.293 e. The van der Waals surface area contributed by atoms with Crippen molar-refractivity contribution in [2.45, 2.75) is 26.4 Å². The van der Waals surface area contributed by atoms with Gasteiger partial charge in [0.1, 0.15) is 6.54 Å². The summed E-state index contributed by atoms with van der Waals surface area (Å²) in [4.78, 5) is 40.1. The van der Waals surface area contributed by atoms with E-state index in [1.165, 1.54) is 11.0 Å². The minimum atomic E-state index is -0.318. The molecule has 8 heteroatoms. The van der Waals surface area contributed by atoms with Gasteiger partial charge in [0.15, 0.2) is 0 Å². The zero-order valence-electron chi connectivity index (χ0n) is 17.7. The van der Waals surface area contributed by atoms with Crippen molar-refractivity contribution in [2.75, 3.05) is 6.54 Å². The summed E-state index contributed by atoms with van der Waals surface area (Å²) >= 11 is 2.53. The molecule has 0 spiro atoms. The van der Waals surface area contributed by atoms with Gasteiger partial charge >= 0.3 is 0 Å². The van der Waals surface area contributed by atoms with E-state index in [-0.39, 0.29) is 30.1 Å². The fraction of sp³-hybridized carbons (Fsp3) is 0.208. The number of nitrogens with zero attached hydrogens (tertiary/aromatic N) is 2. The van der Waals surface area contributed by atoms with Crippen molar-refractivity contribution in [3.05, 3.63) is 75.5 Å². The van der Waals surface area contributed by atoms with Gasteiger partial charge in [0, 0.05) is 28.6 Å². The minimum Gasteiger partial charge on any atom is -0.350 e. The summed E-state index contributed by atoms with van der Waals surface area (Å²) in [6, 6.07) is 9.95. The van der Waals surface area contributed by atoms with E-state index < -0.39 is 0 Å². The summed E-state index contributed by atoms with van der Waals surface area (Å²) in [5.41, 5.74) is 2.90. The first-order chi connectivity index (χ1) is 15.5. The molecule has 4 rings (SSSR count). The number of aryl methyl sites for hydroxylation is 1. The molecular weight excluding hydrogens is 442 g/mol. The lowest BCUT2D eigenvalue weighted by Gasteiger charge is -2.09. The highest BCUT2D eigenvalue weighted by molar-refractivity contribution is 8.18. The predicted octanol–water partition coefficient (Wildman–Crippen LogP) is 4.80. The van der Waals surface area contributed by atoms with Crippen LogP contribution in [0.3, 0.4) is 0 Å². The van der Waals surface area contributed by atoms with Crippen LogP contribution in [-0.2, 0) is 29.1 Å². The zero-order valence-corrected chi connectivity index (χ0v) is 19.3. The maximum absolute atomic E-state index is 12.7. The van der Waals surface area contributed by atoms with Crippen molar-refractivity contribution in [1.82, 2.24) is 14.8 Å². The number of para-hydroxylation sites is 1. The Balaban J connectivity index is 1.66. The summed E-state index contributed by atoms with van der Waals surface area (Å²) < 4.78 is 1.93. The number of thiophene rings is 1. The van der Waals surface area contributed by atoms with E-state index in [0.29, 0.717) is 11.4 Å². The lowest BCUT2D eigenvalue weighted by molar-refractivity contribution is -0.122. The third-order valence-electron chi connectivity index (χ3n) is 5.22. The lowest BCUT2D eigenvalue weighted by Crippen LogP contribution is -2.27. The number of carbonyl (C=O) groups is 3. The second-order valence-corrected chi connectivity index (χ2v) is 9.34. The number of amides is 3. The molecule has 1 aliphatic rings. The van der Waals surface area contributed by atoms with E-state index in [0.717, 1.165) is 45.1 Å². The van der Waals surface area contributed by atoms with Crippen LogP contribution in [0.2, 0.25) is 0 Å². The van der Waals surface area contributed by atoms with Crippen LogP contribution in [0.25, 0.3) is 17.0 Å². The molecule has 1 aliphatic heterocycles. The molecule has 1 aromatic carbocycles. The molecule has 0 bridgehead atoms. The Labute approximate surface area is 194 Å². The summed E-state index contributed by atoms with van der Waals surface area (Å²) in [6.07, 6.45) is 5.98. The molecule has 2 aromatic heterocycles. The van der Waals surface area contributed by atoms with E-state index >= 15 is 0 Å². The number of imide groups is 1. The highest BCUT2D eigenvalue weighted by Gasteiger charge is 2.34. The van der Waals surface area contributed by atoms with Gasteiger partial charge in [-0.2, -0.15) is 0 Å². The molecule has 0 aliphatic carbocycles. The number of carbonyl (C=O) groups excluding carboxylic acids is 3. The first kappa shape index (κ1) is 22.1. The van der Waals surface area contributed by atoms with Crippen molar-refractivity contribution in [2.24, 2.45) is 0 Å². The third kappa shape index (κ3) is 4.42. The van der Waals surface area contributed by atoms with Crippen molar-refractivity contribution in [3.8, 4) is 0 Å². The topological polar surface area (TPSA) is 71.4 Å². The summed E-state index contributed by atoms with van der Waals surface area (Å²) in [5, 5.41) is 5.60. The molecule has 0 saturated carbocycles. The normalized spacial score (nSPS) is 15.2. The predicted molar refractivity (Wildman–Crippen MR) is 130 cm³/mol. The zero-order chi connectivity index (χ0) is 22.7. The van der Waals surface area contributed by atoms with E-state index in [2.05, 4.69) is 18.8 Å².